The molecule has 0 bridgehead atoms. The molecule has 1 fully saturated rings. The van der Waals surface area contributed by atoms with Gasteiger partial charge in [-0.05, 0) is 31.1 Å². The van der Waals surface area contributed by atoms with Gasteiger partial charge in [0, 0.05) is 0 Å². The van der Waals surface area contributed by atoms with Crippen molar-refractivity contribution in [3.05, 3.63) is 11.6 Å². The summed E-state index contributed by atoms with van der Waals surface area (Å²) in [4.78, 5) is 10.8. The van der Waals surface area contributed by atoms with Crippen LogP contribution in [0.15, 0.2) is 11.6 Å². The minimum Gasteiger partial charge on any atom is -0.481 e. The smallest absolute Gasteiger partial charge is 0.307 e. The highest BCUT2D eigenvalue weighted by atomic mass is 16.4. The highest BCUT2D eigenvalue weighted by Crippen LogP contribution is 2.65. The molecule has 2 heteroatoms. The van der Waals surface area contributed by atoms with Gasteiger partial charge in [0.2, 0.25) is 0 Å². The van der Waals surface area contributed by atoms with Crippen molar-refractivity contribution in [1.82, 2.24) is 0 Å². The molecule has 0 unspecified atom stereocenters. The zero-order chi connectivity index (χ0) is 8.93. The van der Waals surface area contributed by atoms with E-state index in [1.165, 1.54) is 5.57 Å². The molecule has 0 amide bonds. The highest BCUT2D eigenvalue weighted by Gasteiger charge is 2.64. The predicted octanol–water partition coefficient (Wildman–Crippen LogP) is 2.06. The summed E-state index contributed by atoms with van der Waals surface area (Å²) in [5.41, 5.74) is 1.45. The number of carboxylic acid groups (broad SMARTS) is 1. The van der Waals surface area contributed by atoms with Crippen molar-refractivity contribution < 1.29 is 9.90 Å². The maximum absolute atomic E-state index is 10.8. The molecule has 2 aliphatic rings. The van der Waals surface area contributed by atoms with Crippen LogP contribution in [0.25, 0.3) is 0 Å². The van der Waals surface area contributed by atoms with Crippen LogP contribution in [-0.2, 0) is 4.79 Å². The third-order valence-electron chi connectivity index (χ3n) is 3.55. The second-order valence-corrected chi connectivity index (χ2v) is 4.39. The molecule has 0 radical (unpaired) electrons. The quantitative estimate of drug-likeness (QED) is 0.605. The second kappa shape index (κ2) is 2.12. The minimum absolute atomic E-state index is 0.0776. The lowest BCUT2D eigenvalue weighted by molar-refractivity contribution is -0.139. The van der Waals surface area contributed by atoms with E-state index < -0.39 is 5.97 Å². The van der Waals surface area contributed by atoms with Gasteiger partial charge in [-0.25, -0.2) is 0 Å². The van der Waals surface area contributed by atoms with E-state index in [9.17, 15) is 4.79 Å². The van der Waals surface area contributed by atoms with E-state index in [-0.39, 0.29) is 11.3 Å². The number of allylic oxidation sites excluding steroid dienone is 2. The molecule has 2 aliphatic carbocycles. The van der Waals surface area contributed by atoms with Gasteiger partial charge >= 0.3 is 5.97 Å². The van der Waals surface area contributed by atoms with Crippen molar-refractivity contribution in [2.24, 2.45) is 17.3 Å². The maximum atomic E-state index is 10.8. The van der Waals surface area contributed by atoms with Crippen molar-refractivity contribution in [2.75, 3.05) is 0 Å². The summed E-state index contributed by atoms with van der Waals surface area (Å²) >= 11 is 0. The molecule has 1 saturated carbocycles. The van der Waals surface area contributed by atoms with Gasteiger partial charge in [-0.3, -0.25) is 4.79 Å². The first-order chi connectivity index (χ1) is 5.55. The molecule has 12 heavy (non-hydrogen) atoms. The van der Waals surface area contributed by atoms with E-state index in [4.69, 9.17) is 5.11 Å². The molecular weight excluding hydrogens is 152 g/mol. The fourth-order valence-electron chi connectivity index (χ4n) is 2.57. The predicted molar refractivity (Wildman–Crippen MR) is 45.7 cm³/mol. The number of carboxylic acids is 1. The highest BCUT2D eigenvalue weighted by molar-refractivity contribution is 5.76. The van der Waals surface area contributed by atoms with Crippen molar-refractivity contribution in [2.45, 2.75) is 26.7 Å². The van der Waals surface area contributed by atoms with Gasteiger partial charge in [0.25, 0.3) is 0 Å². The van der Waals surface area contributed by atoms with E-state index in [2.05, 4.69) is 19.9 Å². The molecule has 0 aromatic carbocycles. The number of rotatable bonds is 1. The molecule has 0 heterocycles. The molecule has 0 aromatic heterocycles. The largest absolute Gasteiger partial charge is 0.481 e. The molecule has 3 atom stereocenters. The fourth-order valence-corrected chi connectivity index (χ4v) is 2.57. The Kier molecular flexibility index (Phi) is 1.39. The third kappa shape index (κ3) is 0.838. The molecule has 66 valence electrons. The summed E-state index contributed by atoms with van der Waals surface area (Å²) in [7, 11) is 0. The molecular formula is C10H14O2. The Labute approximate surface area is 72.3 Å². The first-order valence-electron chi connectivity index (χ1n) is 4.44. The van der Waals surface area contributed by atoms with Crippen LogP contribution in [-0.4, -0.2) is 11.1 Å². The van der Waals surface area contributed by atoms with Gasteiger partial charge in [0.15, 0.2) is 0 Å². The lowest BCUT2D eigenvalue weighted by Crippen LogP contribution is -2.06. The fraction of sp³-hybridized carbons (Fsp3) is 0.700. The zero-order valence-corrected chi connectivity index (χ0v) is 7.50. The molecule has 2 rings (SSSR count). The van der Waals surface area contributed by atoms with Crippen molar-refractivity contribution in [1.29, 1.82) is 0 Å². The summed E-state index contributed by atoms with van der Waals surface area (Å²) < 4.78 is 0. The number of fused-ring (bicyclic) bond motifs is 1. The Balaban J connectivity index is 2.18. The SMILES string of the molecule is CC1=CC[C@]2(C)[C@H](C(=O)O)[C@@H]2C1. The molecule has 0 saturated heterocycles. The Morgan fingerprint density at radius 1 is 1.75 bits per heavy atom. The van der Waals surface area contributed by atoms with Gasteiger partial charge in [-0.1, -0.05) is 18.6 Å². The van der Waals surface area contributed by atoms with Crippen LogP contribution < -0.4 is 0 Å². The molecule has 0 aliphatic heterocycles. The molecule has 2 nitrogen and oxygen atoms in total. The topological polar surface area (TPSA) is 37.3 Å². The standard InChI is InChI=1S/C10H14O2/c1-6-3-4-10(2)7(5-6)8(10)9(11)12/h3,7-8H,4-5H2,1-2H3,(H,11,12)/t7-,8-,10-/m0/s1. The van der Waals surface area contributed by atoms with Crippen molar-refractivity contribution in [3.8, 4) is 0 Å². The second-order valence-electron chi connectivity index (χ2n) is 4.39. The first-order valence-corrected chi connectivity index (χ1v) is 4.44. The van der Waals surface area contributed by atoms with Crippen LogP contribution in [0.2, 0.25) is 0 Å². The van der Waals surface area contributed by atoms with Gasteiger partial charge in [0.1, 0.15) is 0 Å². The number of aliphatic carboxylic acids is 1. The van der Waals surface area contributed by atoms with Crippen LogP contribution in [0, 0.1) is 17.3 Å². The molecule has 1 N–H and O–H groups in total. The number of hydrogen-bond acceptors (Lipinski definition) is 1. The maximum Gasteiger partial charge on any atom is 0.307 e. The summed E-state index contributed by atoms with van der Waals surface area (Å²) in [5.74, 6) is -0.267. The van der Waals surface area contributed by atoms with E-state index in [1.54, 1.807) is 0 Å². The average Bonchev–Trinajstić information content (AvgIpc) is 2.55. The van der Waals surface area contributed by atoms with Crippen LogP contribution >= 0.6 is 0 Å². The Bertz CT molecular complexity index is 267. The van der Waals surface area contributed by atoms with Crippen LogP contribution in [0.4, 0.5) is 0 Å². The Morgan fingerprint density at radius 2 is 2.42 bits per heavy atom. The summed E-state index contributed by atoms with van der Waals surface area (Å²) in [6.07, 6.45) is 4.15. The van der Waals surface area contributed by atoms with Gasteiger partial charge in [0.05, 0.1) is 5.92 Å². The van der Waals surface area contributed by atoms with Crippen molar-refractivity contribution in [3.63, 3.8) is 0 Å². The lowest BCUT2D eigenvalue weighted by atomic mass is 9.91. The average molecular weight is 166 g/mol. The Hall–Kier alpha value is -0.790. The molecule has 0 aromatic rings. The number of hydrogen-bond donors (Lipinski definition) is 1. The first kappa shape index (κ1) is 7.84. The summed E-state index contributed by atoms with van der Waals surface area (Å²) in [5, 5.41) is 8.91. The van der Waals surface area contributed by atoms with Crippen LogP contribution in [0.3, 0.4) is 0 Å². The van der Waals surface area contributed by atoms with Crippen LogP contribution in [0.1, 0.15) is 26.7 Å². The minimum atomic E-state index is -0.606. The van der Waals surface area contributed by atoms with E-state index in [1.807, 2.05) is 0 Å². The summed E-state index contributed by atoms with van der Waals surface area (Å²) in [6, 6.07) is 0. The van der Waals surface area contributed by atoms with Gasteiger partial charge < -0.3 is 5.11 Å². The van der Waals surface area contributed by atoms with E-state index >= 15 is 0 Å². The van der Waals surface area contributed by atoms with Crippen molar-refractivity contribution >= 4 is 5.97 Å². The van der Waals surface area contributed by atoms with Gasteiger partial charge in [-0.15, -0.1) is 0 Å². The normalized spacial score (nSPS) is 44.7. The third-order valence-corrected chi connectivity index (χ3v) is 3.55. The monoisotopic (exact) mass is 166 g/mol. The van der Waals surface area contributed by atoms with Crippen LogP contribution in [0.5, 0.6) is 0 Å². The van der Waals surface area contributed by atoms with E-state index in [0.29, 0.717) is 5.92 Å². The Morgan fingerprint density at radius 3 is 2.92 bits per heavy atom. The molecule has 0 spiro atoms. The number of carbonyl (C=O) groups is 1. The zero-order valence-electron chi connectivity index (χ0n) is 7.50. The summed E-state index contributed by atoms with van der Waals surface area (Å²) in [6.45, 7) is 4.19. The lowest BCUT2D eigenvalue weighted by Gasteiger charge is -2.14. The van der Waals surface area contributed by atoms with E-state index in [0.717, 1.165) is 12.8 Å². The van der Waals surface area contributed by atoms with Gasteiger partial charge in [-0.2, -0.15) is 0 Å².